The van der Waals surface area contributed by atoms with Crippen molar-refractivity contribution in [2.75, 3.05) is 13.7 Å². The molecule has 0 bridgehead atoms. The summed E-state index contributed by atoms with van der Waals surface area (Å²) in [6, 6.07) is 4.04. The normalized spacial score (nSPS) is 15.7. The second-order valence-corrected chi connectivity index (χ2v) is 5.61. The average Bonchev–Trinajstić information content (AvgIpc) is 3.27. The van der Waals surface area contributed by atoms with Crippen LogP contribution in [0.3, 0.4) is 0 Å². The highest BCUT2D eigenvalue weighted by atomic mass is 16.6. The van der Waals surface area contributed by atoms with E-state index in [1.54, 1.807) is 11.1 Å². The van der Waals surface area contributed by atoms with E-state index in [9.17, 15) is 4.79 Å². The van der Waals surface area contributed by atoms with Crippen molar-refractivity contribution in [3.05, 3.63) is 30.1 Å². The minimum absolute atomic E-state index is 0.0130. The highest BCUT2D eigenvalue weighted by Crippen LogP contribution is 2.45. The number of aromatic nitrogens is 1. The van der Waals surface area contributed by atoms with E-state index in [2.05, 4.69) is 18.0 Å². The molecule has 1 aliphatic carbocycles. The Hall–Kier alpha value is -1.58. The fraction of sp³-hybridized carbons (Fsp3) is 0.625. The lowest BCUT2D eigenvalue weighted by Gasteiger charge is -2.27. The maximum absolute atomic E-state index is 12.0. The largest absolute Gasteiger partial charge is 0.449 e. The van der Waals surface area contributed by atoms with Gasteiger partial charge in [0.25, 0.3) is 0 Å². The summed E-state index contributed by atoms with van der Waals surface area (Å²) in [5.41, 5.74) is 1.24. The van der Waals surface area contributed by atoms with Crippen molar-refractivity contribution in [1.29, 1.82) is 0 Å². The van der Waals surface area contributed by atoms with Crippen molar-refractivity contribution >= 4 is 6.09 Å². The second kappa shape index (κ2) is 6.73. The molecule has 1 saturated carbocycles. The lowest BCUT2D eigenvalue weighted by molar-refractivity contribution is 0.0890. The predicted octanol–water partition coefficient (Wildman–Crippen LogP) is 3.42. The van der Waals surface area contributed by atoms with Crippen LogP contribution in [0.4, 0.5) is 4.79 Å². The zero-order valence-electron chi connectivity index (χ0n) is 12.5. The van der Waals surface area contributed by atoms with E-state index in [0.29, 0.717) is 6.61 Å². The van der Waals surface area contributed by atoms with Crippen LogP contribution in [0.15, 0.2) is 24.5 Å². The molecule has 110 valence electrons. The maximum Gasteiger partial charge on any atom is 0.409 e. The van der Waals surface area contributed by atoms with Crippen LogP contribution >= 0.6 is 0 Å². The van der Waals surface area contributed by atoms with Crippen LogP contribution in [-0.4, -0.2) is 35.2 Å². The summed E-state index contributed by atoms with van der Waals surface area (Å²) >= 11 is 0. The molecular weight excluding hydrogens is 252 g/mol. The number of amides is 1. The van der Waals surface area contributed by atoms with Gasteiger partial charge in [-0.2, -0.15) is 0 Å². The van der Waals surface area contributed by atoms with Gasteiger partial charge in [-0.3, -0.25) is 4.98 Å². The summed E-state index contributed by atoms with van der Waals surface area (Å²) in [5.74, 6) is 0. The Kier molecular flexibility index (Phi) is 4.99. The minimum Gasteiger partial charge on any atom is -0.449 e. The summed E-state index contributed by atoms with van der Waals surface area (Å²) in [4.78, 5) is 17.9. The molecule has 4 heteroatoms. The number of ether oxygens (including phenoxy) is 1. The van der Waals surface area contributed by atoms with Gasteiger partial charge in [-0.1, -0.05) is 19.4 Å². The second-order valence-electron chi connectivity index (χ2n) is 5.61. The molecule has 1 aromatic heterocycles. The quantitative estimate of drug-likeness (QED) is 0.717. The standard InChI is InChI=1S/C16H24N2O2/c1-3-4-12-20-15(19)18(2)16(9-10-16)8-7-14-6-5-11-17-13-14/h5-6,11,13H,3-4,7-10,12H2,1-2H3. The molecule has 0 aromatic carbocycles. The molecule has 2 rings (SSSR count). The van der Waals surface area contributed by atoms with Crippen molar-refractivity contribution in [3.63, 3.8) is 0 Å². The Bertz CT molecular complexity index is 429. The van der Waals surface area contributed by atoms with Gasteiger partial charge in [-0.25, -0.2) is 4.79 Å². The van der Waals surface area contributed by atoms with Crippen LogP contribution in [0.25, 0.3) is 0 Å². The third-order valence-corrected chi connectivity index (χ3v) is 4.14. The van der Waals surface area contributed by atoms with Crippen LogP contribution in [0.5, 0.6) is 0 Å². The Morgan fingerprint density at radius 3 is 2.90 bits per heavy atom. The molecule has 1 heterocycles. The van der Waals surface area contributed by atoms with Gasteiger partial charge in [0.1, 0.15) is 0 Å². The Balaban J connectivity index is 1.82. The van der Waals surface area contributed by atoms with Crippen molar-refractivity contribution in [2.24, 2.45) is 0 Å². The fourth-order valence-electron chi connectivity index (χ4n) is 2.41. The summed E-state index contributed by atoms with van der Waals surface area (Å²) < 4.78 is 5.30. The molecule has 4 nitrogen and oxygen atoms in total. The van der Waals surface area contributed by atoms with E-state index in [4.69, 9.17) is 4.74 Å². The predicted molar refractivity (Wildman–Crippen MR) is 78.5 cm³/mol. The summed E-state index contributed by atoms with van der Waals surface area (Å²) in [5, 5.41) is 0. The highest BCUT2D eigenvalue weighted by Gasteiger charge is 2.48. The van der Waals surface area contributed by atoms with Crippen LogP contribution in [-0.2, 0) is 11.2 Å². The fourth-order valence-corrected chi connectivity index (χ4v) is 2.41. The molecule has 0 radical (unpaired) electrons. The van der Waals surface area contributed by atoms with Gasteiger partial charge < -0.3 is 9.64 Å². The Morgan fingerprint density at radius 1 is 1.50 bits per heavy atom. The zero-order valence-corrected chi connectivity index (χ0v) is 12.5. The van der Waals surface area contributed by atoms with E-state index in [1.807, 2.05) is 19.3 Å². The van der Waals surface area contributed by atoms with E-state index < -0.39 is 0 Å². The number of hydrogen-bond acceptors (Lipinski definition) is 3. The van der Waals surface area contributed by atoms with Crippen molar-refractivity contribution in [1.82, 2.24) is 9.88 Å². The number of nitrogens with zero attached hydrogens (tertiary/aromatic N) is 2. The third kappa shape index (κ3) is 3.71. The van der Waals surface area contributed by atoms with Gasteiger partial charge in [0, 0.05) is 25.0 Å². The summed E-state index contributed by atoms with van der Waals surface area (Å²) in [7, 11) is 1.87. The Labute approximate surface area is 121 Å². The molecule has 0 N–H and O–H groups in total. The molecule has 0 saturated heterocycles. The van der Waals surface area contributed by atoms with E-state index in [-0.39, 0.29) is 11.6 Å². The molecule has 0 spiro atoms. The topological polar surface area (TPSA) is 42.4 Å². The van der Waals surface area contributed by atoms with Crippen molar-refractivity contribution in [2.45, 2.75) is 51.0 Å². The SMILES string of the molecule is CCCCOC(=O)N(C)C1(CCc2cccnc2)CC1. The lowest BCUT2D eigenvalue weighted by atomic mass is 10.0. The molecule has 0 atom stereocenters. The lowest BCUT2D eigenvalue weighted by Crippen LogP contribution is -2.39. The molecule has 1 fully saturated rings. The van der Waals surface area contributed by atoms with E-state index in [1.165, 1.54) is 5.56 Å². The van der Waals surface area contributed by atoms with Gasteiger partial charge in [0.15, 0.2) is 0 Å². The highest BCUT2D eigenvalue weighted by molar-refractivity contribution is 5.69. The number of hydrogen-bond donors (Lipinski definition) is 0. The number of unbranched alkanes of at least 4 members (excludes halogenated alkanes) is 1. The van der Waals surface area contributed by atoms with Crippen LogP contribution in [0.1, 0.15) is 44.6 Å². The third-order valence-electron chi connectivity index (χ3n) is 4.14. The van der Waals surface area contributed by atoms with Crippen LogP contribution in [0.2, 0.25) is 0 Å². The van der Waals surface area contributed by atoms with E-state index >= 15 is 0 Å². The first-order chi connectivity index (χ1) is 9.68. The average molecular weight is 276 g/mol. The van der Waals surface area contributed by atoms with Crippen molar-refractivity contribution < 1.29 is 9.53 Å². The first kappa shape index (κ1) is 14.8. The number of rotatable bonds is 7. The minimum atomic E-state index is -0.179. The van der Waals surface area contributed by atoms with Crippen molar-refractivity contribution in [3.8, 4) is 0 Å². The van der Waals surface area contributed by atoms with Gasteiger partial charge in [-0.15, -0.1) is 0 Å². The van der Waals surface area contributed by atoms with Crippen LogP contribution in [0, 0.1) is 0 Å². The number of carbonyl (C=O) groups excluding carboxylic acids is 1. The summed E-state index contributed by atoms with van der Waals surface area (Å²) in [6.45, 7) is 2.62. The monoisotopic (exact) mass is 276 g/mol. The van der Waals surface area contributed by atoms with Gasteiger partial charge in [0.2, 0.25) is 0 Å². The first-order valence-electron chi connectivity index (χ1n) is 7.47. The van der Waals surface area contributed by atoms with Crippen LogP contribution < -0.4 is 0 Å². The first-order valence-corrected chi connectivity index (χ1v) is 7.47. The molecule has 0 unspecified atom stereocenters. The number of pyridine rings is 1. The van der Waals surface area contributed by atoms with E-state index in [0.717, 1.165) is 38.5 Å². The molecule has 20 heavy (non-hydrogen) atoms. The molecule has 1 aliphatic rings. The van der Waals surface area contributed by atoms with Gasteiger partial charge in [-0.05, 0) is 43.7 Å². The smallest absolute Gasteiger partial charge is 0.409 e. The zero-order chi connectivity index (χ0) is 14.4. The Morgan fingerprint density at radius 2 is 2.30 bits per heavy atom. The number of aryl methyl sites for hydroxylation is 1. The molecular formula is C16H24N2O2. The molecule has 1 amide bonds. The maximum atomic E-state index is 12.0. The molecule has 1 aromatic rings. The van der Waals surface area contributed by atoms with Gasteiger partial charge in [0.05, 0.1) is 6.61 Å². The molecule has 0 aliphatic heterocycles. The van der Waals surface area contributed by atoms with Gasteiger partial charge >= 0.3 is 6.09 Å². The number of carbonyl (C=O) groups is 1. The summed E-state index contributed by atoms with van der Waals surface area (Å²) in [6.07, 6.45) is 9.58.